The van der Waals surface area contributed by atoms with E-state index in [4.69, 9.17) is 0 Å². The molecule has 2 aliphatic carbocycles. The van der Waals surface area contributed by atoms with E-state index in [1.807, 2.05) is 0 Å². The second-order valence-corrected chi connectivity index (χ2v) is 8.77. The van der Waals surface area contributed by atoms with Crippen LogP contribution in [0.3, 0.4) is 0 Å². The molecule has 7 nitrogen and oxygen atoms in total. The molecule has 2 heterocycles. The van der Waals surface area contributed by atoms with Crippen LogP contribution in [-0.4, -0.2) is 73.4 Å². The van der Waals surface area contributed by atoms with E-state index in [2.05, 4.69) is 39.6 Å². The number of hydrogen-bond donors (Lipinski definition) is 2. The van der Waals surface area contributed by atoms with Gasteiger partial charge in [0.05, 0.1) is 11.8 Å². The zero-order valence-electron chi connectivity index (χ0n) is 17.6. The summed E-state index contributed by atoms with van der Waals surface area (Å²) in [5.41, 5.74) is 0. The highest BCUT2D eigenvalue weighted by Crippen LogP contribution is 2.52. The molecule has 0 radical (unpaired) electrons. The van der Waals surface area contributed by atoms with Gasteiger partial charge in [-0.25, -0.2) is 0 Å². The van der Waals surface area contributed by atoms with E-state index in [0.29, 0.717) is 19.5 Å². The van der Waals surface area contributed by atoms with Crippen LogP contribution in [0.4, 0.5) is 0 Å². The summed E-state index contributed by atoms with van der Waals surface area (Å²) in [7, 11) is 0. The SMILES string of the molecule is CCNC(=NCCCN1C(=O)C2C3C=CC(C3)C2C1=O)NCCN1CCCCC1. The van der Waals surface area contributed by atoms with Crippen molar-refractivity contribution in [1.82, 2.24) is 20.4 Å². The van der Waals surface area contributed by atoms with Gasteiger partial charge in [0, 0.05) is 32.7 Å². The maximum atomic E-state index is 12.7. The molecule has 4 unspecified atom stereocenters. The van der Waals surface area contributed by atoms with Crippen LogP contribution in [0.5, 0.6) is 0 Å². The van der Waals surface area contributed by atoms with Gasteiger partial charge in [0.1, 0.15) is 0 Å². The molecule has 160 valence electrons. The molecule has 29 heavy (non-hydrogen) atoms. The first-order chi connectivity index (χ1) is 14.2. The zero-order chi connectivity index (χ0) is 20.2. The Morgan fingerprint density at radius 3 is 2.38 bits per heavy atom. The van der Waals surface area contributed by atoms with Crippen LogP contribution >= 0.6 is 0 Å². The van der Waals surface area contributed by atoms with Crippen molar-refractivity contribution in [2.75, 3.05) is 45.8 Å². The Kier molecular flexibility index (Phi) is 6.53. The van der Waals surface area contributed by atoms with Crippen LogP contribution in [0, 0.1) is 23.7 Å². The van der Waals surface area contributed by atoms with Crippen LogP contribution < -0.4 is 10.6 Å². The maximum absolute atomic E-state index is 12.7. The highest BCUT2D eigenvalue weighted by Gasteiger charge is 2.58. The molecule has 2 N–H and O–H groups in total. The molecule has 0 aromatic rings. The van der Waals surface area contributed by atoms with Crippen molar-refractivity contribution in [3.8, 4) is 0 Å². The standard InChI is InChI=1S/C22H35N5O2/c1-2-23-22(25-10-14-26-11-4-3-5-12-26)24-9-6-13-27-20(28)18-16-7-8-17(15-16)19(18)21(27)29/h7-8,16-19H,2-6,9-15H2,1H3,(H2,23,24,25). The Balaban J connectivity index is 1.21. The average Bonchev–Trinajstić information content (AvgIpc) is 3.41. The number of fused-ring (bicyclic) bond motifs is 5. The van der Waals surface area contributed by atoms with Crippen molar-refractivity contribution in [2.24, 2.45) is 28.7 Å². The molecule has 0 aromatic carbocycles. The van der Waals surface area contributed by atoms with E-state index in [1.165, 1.54) is 37.3 Å². The normalized spacial score (nSPS) is 31.6. The molecule has 1 saturated carbocycles. The van der Waals surface area contributed by atoms with Crippen molar-refractivity contribution in [2.45, 2.75) is 39.0 Å². The Bertz CT molecular complexity index is 640. The van der Waals surface area contributed by atoms with Gasteiger partial charge in [0.25, 0.3) is 0 Å². The highest BCUT2D eigenvalue weighted by molar-refractivity contribution is 6.06. The highest BCUT2D eigenvalue weighted by atomic mass is 16.2. The minimum Gasteiger partial charge on any atom is -0.357 e. The van der Waals surface area contributed by atoms with Gasteiger partial charge in [0.2, 0.25) is 11.8 Å². The monoisotopic (exact) mass is 401 g/mol. The molecular weight excluding hydrogens is 366 g/mol. The average molecular weight is 402 g/mol. The van der Waals surface area contributed by atoms with Crippen molar-refractivity contribution < 1.29 is 9.59 Å². The summed E-state index contributed by atoms with van der Waals surface area (Å²) in [4.78, 5) is 34.1. The smallest absolute Gasteiger partial charge is 0.233 e. The first-order valence-corrected chi connectivity index (χ1v) is 11.5. The van der Waals surface area contributed by atoms with E-state index in [9.17, 15) is 9.59 Å². The molecule has 0 aromatic heterocycles. The number of rotatable bonds is 8. The van der Waals surface area contributed by atoms with E-state index in [-0.39, 0.29) is 35.5 Å². The van der Waals surface area contributed by atoms with E-state index < -0.39 is 0 Å². The number of amides is 2. The van der Waals surface area contributed by atoms with Gasteiger partial charge >= 0.3 is 0 Å². The quantitative estimate of drug-likeness (QED) is 0.210. The van der Waals surface area contributed by atoms with Crippen LogP contribution in [-0.2, 0) is 9.59 Å². The molecule has 0 spiro atoms. The van der Waals surface area contributed by atoms with Gasteiger partial charge in [-0.15, -0.1) is 0 Å². The predicted octanol–water partition coefficient (Wildman–Crippen LogP) is 1.22. The maximum Gasteiger partial charge on any atom is 0.233 e. The largest absolute Gasteiger partial charge is 0.357 e. The minimum atomic E-state index is -0.0882. The van der Waals surface area contributed by atoms with Crippen molar-refractivity contribution in [3.63, 3.8) is 0 Å². The number of hydrogen-bond acceptors (Lipinski definition) is 4. The van der Waals surface area contributed by atoms with E-state index in [1.54, 1.807) is 0 Å². The van der Waals surface area contributed by atoms with Crippen molar-refractivity contribution in [3.05, 3.63) is 12.2 Å². The summed E-state index contributed by atoms with van der Waals surface area (Å²) in [5, 5.41) is 6.69. The molecule has 2 bridgehead atoms. The molecule has 4 atom stereocenters. The summed E-state index contributed by atoms with van der Waals surface area (Å²) in [6, 6.07) is 0. The van der Waals surface area contributed by atoms with E-state index in [0.717, 1.165) is 32.0 Å². The Hall–Kier alpha value is -1.89. The first kappa shape index (κ1) is 20.4. The zero-order valence-corrected chi connectivity index (χ0v) is 17.6. The molecule has 7 heteroatoms. The molecule has 2 amide bonds. The number of carbonyl (C=O) groups is 2. The van der Waals surface area contributed by atoms with Crippen molar-refractivity contribution in [1.29, 1.82) is 0 Å². The third-order valence-corrected chi connectivity index (χ3v) is 6.88. The number of carbonyl (C=O) groups excluding carboxylic acids is 2. The van der Waals surface area contributed by atoms with Gasteiger partial charge in [-0.3, -0.25) is 19.5 Å². The van der Waals surface area contributed by atoms with Gasteiger partial charge in [-0.2, -0.15) is 0 Å². The fourth-order valence-corrected chi connectivity index (χ4v) is 5.46. The number of nitrogens with zero attached hydrogens (tertiary/aromatic N) is 3. The van der Waals surface area contributed by atoms with Crippen LogP contribution in [0.1, 0.15) is 39.0 Å². The molecular formula is C22H35N5O2. The number of imide groups is 1. The summed E-state index contributed by atoms with van der Waals surface area (Å²) in [5.74, 6) is 1.31. The summed E-state index contributed by atoms with van der Waals surface area (Å²) < 4.78 is 0. The van der Waals surface area contributed by atoms with Gasteiger partial charge in [-0.05, 0) is 57.5 Å². The predicted molar refractivity (Wildman–Crippen MR) is 113 cm³/mol. The number of guanidine groups is 1. The lowest BCUT2D eigenvalue weighted by molar-refractivity contribution is -0.140. The third-order valence-electron chi connectivity index (χ3n) is 6.88. The van der Waals surface area contributed by atoms with Crippen molar-refractivity contribution >= 4 is 17.8 Å². The van der Waals surface area contributed by atoms with Gasteiger partial charge < -0.3 is 15.5 Å². The lowest BCUT2D eigenvalue weighted by atomic mass is 9.85. The number of allylic oxidation sites excluding steroid dienone is 2. The van der Waals surface area contributed by atoms with Crippen LogP contribution in [0.25, 0.3) is 0 Å². The second kappa shape index (κ2) is 9.28. The van der Waals surface area contributed by atoms with Crippen LogP contribution in [0.15, 0.2) is 17.1 Å². The fraction of sp³-hybridized carbons (Fsp3) is 0.773. The Labute approximate surface area is 174 Å². The molecule has 4 rings (SSSR count). The molecule has 3 fully saturated rings. The Morgan fingerprint density at radius 2 is 1.72 bits per heavy atom. The number of likely N-dealkylation sites (tertiary alicyclic amines) is 2. The topological polar surface area (TPSA) is 77.0 Å². The van der Waals surface area contributed by atoms with Gasteiger partial charge in [0.15, 0.2) is 5.96 Å². The van der Waals surface area contributed by atoms with Gasteiger partial charge in [-0.1, -0.05) is 18.6 Å². The first-order valence-electron chi connectivity index (χ1n) is 11.5. The second-order valence-electron chi connectivity index (χ2n) is 8.77. The molecule has 2 aliphatic heterocycles. The number of nitrogens with one attached hydrogen (secondary N) is 2. The lowest BCUT2D eigenvalue weighted by Gasteiger charge is -2.26. The van der Waals surface area contributed by atoms with Crippen LogP contribution in [0.2, 0.25) is 0 Å². The number of piperidine rings is 1. The third kappa shape index (κ3) is 4.34. The molecule has 4 aliphatic rings. The number of aliphatic imine (C=N–C) groups is 1. The summed E-state index contributed by atoms with van der Waals surface area (Å²) >= 11 is 0. The molecule has 2 saturated heterocycles. The fourth-order valence-electron chi connectivity index (χ4n) is 5.46. The summed E-state index contributed by atoms with van der Waals surface area (Å²) in [6.45, 7) is 8.30. The summed E-state index contributed by atoms with van der Waals surface area (Å²) in [6.07, 6.45) is 9.95. The lowest BCUT2D eigenvalue weighted by Crippen LogP contribution is -2.42. The van der Waals surface area contributed by atoms with E-state index >= 15 is 0 Å². The Morgan fingerprint density at radius 1 is 1.03 bits per heavy atom. The minimum absolute atomic E-state index is 0.0485.